The highest BCUT2D eigenvalue weighted by Crippen LogP contribution is 2.36. The van der Waals surface area contributed by atoms with Crippen LogP contribution in [0.1, 0.15) is 11.1 Å². The Morgan fingerprint density at radius 3 is 2.29 bits per heavy atom. The standard InChI is InChI=1S/C23H13Cl4N3O4/c24-16-7-14(22(20(27)8-16)34-12-13-4-2-1-3-5-13)6-15(11-28)23(31)29-21-18(25)9-17(30(32)33)10-19(21)26/h1-10H,12H2,(H,29,31)/b15-6+. The topological polar surface area (TPSA) is 105 Å². The lowest BCUT2D eigenvalue weighted by Crippen LogP contribution is -2.14. The Hall–Kier alpha value is -3.28. The second kappa shape index (κ2) is 11.2. The zero-order valence-corrected chi connectivity index (χ0v) is 20.0. The number of nitrogens with one attached hydrogen (secondary N) is 1. The van der Waals surface area contributed by atoms with E-state index in [0.29, 0.717) is 5.56 Å². The van der Waals surface area contributed by atoms with Gasteiger partial charge in [-0.15, -0.1) is 0 Å². The van der Waals surface area contributed by atoms with E-state index >= 15 is 0 Å². The number of carbonyl (C=O) groups excluding carboxylic acids is 1. The molecule has 34 heavy (non-hydrogen) atoms. The van der Waals surface area contributed by atoms with Gasteiger partial charge in [0.2, 0.25) is 0 Å². The lowest BCUT2D eigenvalue weighted by Gasteiger charge is -2.13. The van der Waals surface area contributed by atoms with Crippen molar-refractivity contribution in [3.63, 3.8) is 0 Å². The number of benzene rings is 3. The number of rotatable bonds is 7. The van der Waals surface area contributed by atoms with Crippen LogP contribution in [0.15, 0.2) is 60.2 Å². The van der Waals surface area contributed by atoms with Gasteiger partial charge in [-0.3, -0.25) is 14.9 Å². The molecule has 0 fully saturated rings. The fourth-order valence-electron chi connectivity index (χ4n) is 2.84. The van der Waals surface area contributed by atoms with Gasteiger partial charge in [0.15, 0.2) is 0 Å². The molecular weight excluding hydrogens is 524 g/mol. The smallest absolute Gasteiger partial charge is 0.272 e. The number of nitro benzene ring substituents is 1. The van der Waals surface area contributed by atoms with Crippen LogP contribution in [0.25, 0.3) is 6.08 Å². The van der Waals surface area contributed by atoms with Crippen molar-refractivity contribution in [1.82, 2.24) is 0 Å². The number of ether oxygens (including phenoxy) is 1. The predicted octanol–water partition coefficient (Wildman–Crippen LogP) is 7.33. The fourth-order valence-corrected chi connectivity index (χ4v) is 3.97. The molecular formula is C23H13Cl4N3O4. The molecule has 0 bridgehead atoms. The van der Waals surface area contributed by atoms with Crippen LogP contribution >= 0.6 is 46.4 Å². The lowest BCUT2D eigenvalue weighted by molar-refractivity contribution is -0.384. The summed E-state index contributed by atoms with van der Waals surface area (Å²) < 4.78 is 5.84. The molecule has 0 aliphatic rings. The van der Waals surface area contributed by atoms with Gasteiger partial charge in [0.05, 0.1) is 25.7 Å². The fraction of sp³-hybridized carbons (Fsp3) is 0.0435. The number of nitrogens with zero attached hydrogens (tertiary/aromatic N) is 2. The molecule has 0 heterocycles. The summed E-state index contributed by atoms with van der Waals surface area (Å²) in [6, 6.07) is 16.1. The second-order valence-electron chi connectivity index (χ2n) is 6.75. The third kappa shape index (κ3) is 6.19. The molecule has 0 saturated carbocycles. The second-order valence-corrected chi connectivity index (χ2v) is 8.40. The summed E-state index contributed by atoms with van der Waals surface area (Å²) in [5.74, 6) is -0.632. The number of hydrogen-bond acceptors (Lipinski definition) is 5. The van der Waals surface area contributed by atoms with E-state index in [2.05, 4.69) is 5.32 Å². The normalized spacial score (nSPS) is 11.0. The molecule has 0 atom stereocenters. The number of anilines is 1. The van der Waals surface area contributed by atoms with Crippen LogP contribution in [0.2, 0.25) is 20.1 Å². The Morgan fingerprint density at radius 2 is 1.71 bits per heavy atom. The number of nitro groups is 1. The monoisotopic (exact) mass is 535 g/mol. The quantitative estimate of drug-likeness (QED) is 0.147. The molecule has 3 aromatic rings. The van der Waals surface area contributed by atoms with Gasteiger partial charge in [0, 0.05) is 22.7 Å². The summed E-state index contributed by atoms with van der Waals surface area (Å²) in [5, 5.41) is 23.1. The van der Waals surface area contributed by atoms with Crippen molar-refractivity contribution in [3.8, 4) is 11.8 Å². The van der Waals surface area contributed by atoms with Crippen LogP contribution in [-0.2, 0) is 11.4 Å². The van der Waals surface area contributed by atoms with Crippen molar-refractivity contribution in [2.75, 3.05) is 5.32 Å². The highest BCUT2D eigenvalue weighted by molar-refractivity contribution is 6.40. The average molecular weight is 537 g/mol. The highest BCUT2D eigenvalue weighted by atomic mass is 35.5. The minimum Gasteiger partial charge on any atom is -0.487 e. The minimum absolute atomic E-state index is 0.0789. The summed E-state index contributed by atoms with van der Waals surface area (Å²) in [6.45, 7) is 0.186. The number of non-ortho nitro benzene ring substituents is 1. The van der Waals surface area contributed by atoms with Crippen molar-refractivity contribution in [2.45, 2.75) is 6.61 Å². The third-order valence-corrected chi connectivity index (χ3v) is 5.50. The van der Waals surface area contributed by atoms with E-state index in [1.165, 1.54) is 18.2 Å². The molecule has 0 radical (unpaired) electrons. The molecule has 3 rings (SSSR count). The maximum Gasteiger partial charge on any atom is 0.272 e. The molecule has 0 spiro atoms. The Balaban J connectivity index is 1.92. The van der Waals surface area contributed by atoms with Crippen molar-refractivity contribution >= 4 is 69.8 Å². The first-order chi connectivity index (χ1) is 16.2. The molecule has 1 N–H and O–H groups in total. The summed E-state index contributed by atoms with van der Waals surface area (Å²) in [7, 11) is 0. The Morgan fingerprint density at radius 1 is 1.06 bits per heavy atom. The van der Waals surface area contributed by atoms with E-state index < -0.39 is 10.8 Å². The zero-order valence-electron chi connectivity index (χ0n) is 17.0. The van der Waals surface area contributed by atoms with Crippen LogP contribution in [0.3, 0.4) is 0 Å². The Kier molecular flexibility index (Phi) is 8.37. The van der Waals surface area contributed by atoms with Crippen molar-refractivity contribution in [3.05, 3.63) is 102 Å². The summed E-state index contributed by atoms with van der Waals surface area (Å²) in [5.41, 5.74) is 0.404. The van der Waals surface area contributed by atoms with E-state index in [9.17, 15) is 20.2 Å². The molecule has 3 aromatic carbocycles. The van der Waals surface area contributed by atoms with Crippen molar-refractivity contribution in [2.24, 2.45) is 0 Å². The van der Waals surface area contributed by atoms with Gasteiger partial charge in [-0.2, -0.15) is 5.26 Å². The van der Waals surface area contributed by atoms with Gasteiger partial charge in [0.1, 0.15) is 24.0 Å². The van der Waals surface area contributed by atoms with Gasteiger partial charge in [-0.25, -0.2) is 0 Å². The minimum atomic E-state index is -0.856. The van der Waals surface area contributed by atoms with Crippen LogP contribution in [0, 0.1) is 21.4 Å². The van der Waals surface area contributed by atoms with Gasteiger partial charge in [-0.1, -0.05) is 76.7 Å². The first-order valence-electron chi connectivity index (χ1n) is 9.42. The molecule has 0 aliphatic heterocycles. The molecule has 7 nitrogen and oxygen atoms in total. The predicted molar refractivity (Wildman–Crippen MR) is 133 cm³/mol. The molecule has 0 aromatic heterocycles. The lowest BCUT2D eigenvalue weighted by atomic mass is 10.1. The summed E-state index contributed by atoms with van der Waals surface area (Å²) in [4.78, 5) is 23.0. The number of halogens is 4. The van der Waals surface area contributed by atoms with Crippen LogP contribution < -0.4 is 10.1 Å². The molecule has 172 valence electrons. The van der Waals surface area contributed by atoms with E-state index in [4.69, 9.17) is 51.1 Å². The highest BCUT2D eigenvalue weighted by Gasteiger charge is 2.19. The molecule has 0 unspecified atom stereocenters. The van der Waals surface area contributed by atoms with E-state index in [-0.39, 0.29) is 49.4 Å². The van der Waals surface area contributed by atoms with Crippen molar-refractivity contribution < 1.29 is 14.5 Å². The van der Waals surface area contributed by atoms with Gasteiger partial charge in [0.25, 0.3) is 11.6 Å². The first-order valence-corrected chi connectivity index (χ1v) is 10.9. The SMILES string of the molecule is N#C/C(=C\c1cc(Cl)cc(Cl)c1OCc1ccccc1)C(=O)Nc1c(Cl)cc([N+](=O)[O-])cc1Cl. The van der Waals surface area contributed by atoms with Crippen LogP contribution in [0.5, 0.6) is 5.75 Å². The van der Waals surface area contributed by atoms with Gasteiger partial charge < -0.3 is 10.1 Å². The first kappa shape index (κ1) is 25.3. The van der Waals surface area contributed by atoms with E-state index in [0.717, 1.165) is 17.7 Å². The number of hydrogen-bond donors (Lipinski definition) is 1. The largest absolute Gasteiger partial charge is 0.487 e. The Bertz CT molecular complexity index is 1320. The van der Waals surface area contributed by atoms with Crippen LogP contribution in [0.4, 0.5) is 11.4 Å². The van der Waals surface area contributed by atoms with Gasteiger partial charge in [-0.05, 0) is 23.8 Å². The van der Waals surface area contributed by atoms with Gasteiger partial charge >= 0.3 is 0 Å². The zero-order chi connectivity index (χ0) is 24.8. The molecule has 1 amide bonds. The van der Waals surface area contributed by atoms with E-state index in [1.54, 1.807) is 6.07 Å². The van der Waals surface area contributed by atoms with Crippen LogP contribution in [-0.4, -0.2) is 10.8 Å². The molecule has 0 saturated heterocycles. The third-order valence-electron chi connectivity index (χ3n) is 4.40. The van der Waals surface area contributed by atoms with E-state index in [1.807, 2.05) is 30.3 Å². The maximum atomic E-state index is 12.8. The molecule has 11 heteroatoms. The number of amides is 1. The maximum absolute atomic E-state index is 12.8. The Labute approximate surface area is 214 Å². The number of nitriles is 1. The molecule has 0 aliphatic carbocycles. The summed E-state index contributed by atoms with van der Waals surface area (Å²) >= 11 is 24.5. The van der Waals surface area contributed by atoms with Crippen molar-refractivity contribution in [1.29, 1.82) is 5.26 Å². The summed E-state index contributed by atoms with van der Waals surface area (Å²) in [6.07, 6.45) is 1.25. The number of carbonyl (C=O) groups is 1. The average Bonchev–Trinajstić information content (AvgIpc) is 2.79.